The Labute approximate surface area is 130 Å². The van der Waals surface area contributed by atoms with Crippen LogP contribution in [0.4, 0.5) is 5.13 Å². The summed E-state index contributed by atoms with van der Waals surface area (Å²) in [7, 11) is 2.11. The normalized spacial score (nSPS) is 16.7. The van der Waals surface area contributed by atoms with Gasteiger partial charge in [-0.15, -0.1) is 10.2 Å². The maximum absolute atomic E-state index is 11.9. The molecule has 114 valence electrons. The Bertz CT molecular complexity index is 420. The van der Waals surface area contributed by atoms with Crippen LogP contribution in [0, 0.1) is 0 Å². The highest BCUT2D eigenvalue weighted by Crippen LogP contribution is 2.16. The summed E-state index contributed by atoms with van der Waals surface area (Å²) in [6.07, 6.45) is 1.97. The lowest BCUT2D eigenvalue weighted by Crippen LogP contribution is -3.00. The van der Waals surface area contributed by atoms with E-state index in [1.165, 1.54) is 11.3 Å². The summed E-state index contributed by atoms with van der Waals surface area (Å²) in [5, 5.41) is 12.5. The fourth-order valence-corrected chi connectivity index (χ4v) is 2.84. The Morgan fingerprint density at radius 3 is 2.65 bits per heavy atom. The van der Waals surface area contributed by atoms with Gasteiger partial charge in [0.25, 0.3) is 0 Å². The quantitative estimate of drug-likeness (QED) is 0.660. The van der Waals surface area contributed by atoms with E-state index in [1.807, 2.05) is 0 Å². The molecule has 20 heavy (non-hydrogen) atoms. The van der Waals surface area contributed by atoms with E-state index < -0.39 is 0 Å². The summed E-state index contributed by atoms with van der Waals surface area (Å²) in [6, 6.07) is 0. The summed E-state index contributed by atoms with van der Waals surface area (Å²) in [5.41, 5.74) is 0. The van der Waals surface area contributed by atoms with Crippen LogP contribution in [-0.4, -0.2) is 65.7 Å². The number of amides is 1. The van der Waals surface area contributed by atoms with Crippen molar-refractivity contribution in [3.8, 4) is 0 Å². The first-order chi connectivity index (χ1) is 9.17. The summed E-state index contributed by atoms with van der Waals surface area (Å²) in [5.74, 6) is 0.00347. The largest absolute Gasteiger partial charge is 1.00 e. The Balaban J connectivity index is 0.00000200. The Morgan fingerprint density at radius 2 is 2.00 bits per heavy atom. The van der Waals surface area contributed by atoms with Gasteiger partial charge in [-0.05, 0) is 13.5 Å². The summed E-state index contributed by atoms with van der Waals surface area (Å²) in [4.78, 5) is 16.3. The van der Waals surface area contributed by atoms with Crippen molar-refractivity contribution in [2.24, 2.45) is 0 Å². The third-order valence-electron chi connectivity index (χ3n) is 3.14. The van der Waals surface area contributed by atoms with Gasteiger partial charge in [-0.25, -0.2) is 0 Å². The van der Waals surface area contributed by atoms with Gasteiger partial charge >= 0.3 is 0 Å². The first kappa shape index (κ1) is 17.3. The molecule has 0 atom stereocenters. The van der Waals surface area contributed by atoms with Gasteiger partial charge in [0.2, 0.25) is 11.0 Å². The van der Waals surface area contributed by atoms with Crippen LogP contribution in [0.1, 0.15) is 18.4 Å². The Morgan fingerprint density at radius 1 is 1.30 bits per heavy atom. The fourth-order valence-electron chi connectivity index (χ4n) is 1.99. The van der Waals surface area contributed by atoms with Crippen molar-refractivity contribution in [2.75, 3.05) is 45.1 Å². The van der Waals surface area contributed by atoms with Crippen LogP contribution in [0.15, 0.2) is 0 Å². The molecular weight excluding hydrogens is 298 g/mol. The maximum Gasteiger partial charge on any atom is 0.240 e. The van der Waals surface area contributed by atoms with Crippen LogP contribution >= 0.6 is 11.3 Å². The lowest BCUT2D eigenvalue weighted by Gasteiger charge is -2.31. The minimum absolute atomic E-state index is 0. The summed E-state index contributed by atoms with van der Waals surface area (Å²) >= 11 is 1.47. The van der Waals surface area contributed by atoms with E-state index in [2.05, 4.69) is 39.3 Å². The summed E-state index contributed by atoms with van der Waals surface area (Å²) in [6.45, 7) is 6.48. The van der Waals surface area contributed by atoms with Crippen LogP contribution in [0.3, 0.4) is 0 Å². The average molecular weight is 319 g/mol. The van der Waals surface area contributed by atoms with Crippen LogP contribution in [-0.2, 0) is 11.2 Å². The van der Waals surface area contributed by atoms with Gasteiger partial charge in [-0.2, -0.15) is 0 Å². The van der Waals surface area contributed by atoms with Gasteiger partial charge in [-0.3, -0.25) is 15.0 Å². The molecule has 1 aromatic heterocycles. The number of hydrogen-bond acceptors (Lipinski definition) is 6. The number of hydrogen-bond donors (Lipinski definition) is 1. The molecule has 1 fully saturated rings. The minimum Gasteiger partial charge on any atom is -1.00 e. The zero-order valence-electron chi connectivity index (χ0n) is 11.9. The number of nitrogens with zero attached hydrogens (tertiary/aromatic N) is 4. The summed E-state index contributed by atoms with van der Waals surface area (Å²) < 4.78 is 0. The van der Waals surface area contributed by atoms with Crippen LogP contribution in [0.2, 0.25) is 0 Å². The van der Waals surface area contributed by atoms with Crippen molar-refractivity contribution in [1.29, 1.82) is 0 Å². The second kappa shape index (κ2) is 8.51. The molecule has 8 heteroatoms. The first-order valence-electron chi connectivity index (χ1n) is 6.70. The Hall–Kier alpha value is -0.760. The average Bonchev–Trinajstić information content (AvgIpc) is 2.80. The van der Waals surface area contributed by atoms with E-state index in [9.17, 15) is 4.79 Å². The molecule has 2 rings (SSSR count). The number of halogens is 1. The molecule has 0 aliphatic carbocycles. The van der Waals surface area contributed by atoms with Crippen molar-refractivity contribution in [1.82, 2.24) is 20.0 Å². The molecular formula is C12H21ClN5OS-. The molecule has 0 spiro atoms. The number of carbonyl (C=O) groups excluding carboxylic acids is 1. The zero-order chi connectivity index (χ0) is 13.7. The van der Waals surface area contributed by atoms with Gasteiger partial charge in [0, 0.05) is 32.6 Å². The van der Waals surface area contributed by atoms with E-state index >= 15 is 0 Å². The molecule has 6 nitrogen and oxygen atoms in total. The van der Waals surface area contributed by atoms with Gasteiger partial charge in [0.05, 0.1) is 6.54 Å². The van der Waals surface area contributed by atoms with Gasteiger partial charge < -0.3 is 17.3 Å². The number of nitrogens with one attached hydrogen (secondary N) is 1. The lowest BCUT2D eigenvalue weighted by molar-refractivity contribution is -0.117. The number of piperazine rings is 1. The molecule has 0 bridgehead atoms. The Kier molecular flexibility index (Phi) is 7.36. The highest BCUT2D eigenvalue weighted by molar-refractivity contribution is 7.15. The van der Waals surface area contributed by atoms with Crippen LogP contribution in [0.5, 0.6) is 0 Å². The molecule has 1 aromatic rings. The zero-order valence-corrected chi connectivity index (χ0v) is 13.5. The van der Waals surface area contributed by atoms with Gasteiger partial charge in [0.1, 0.15) is 5.01 Å². The molecule has 1 aliphatic heterocycles. The number of aromatic nitrogens is 2. The van der Waals surface area contributed by atoms with Crippen molar-refractivity contribution >= 4 is 22.4 Å². The number of aryl methyl sites for hydroxylation is 1. The molecule has 0 radical (unpaired) electrons. The molecule has 2 heterocycles. The minimum atomic E-state index is 0. The van der Waals surface area contributed by atoms with E-state index in [-0.39, 0.29) is 18.3 Å². The number of carbonyl (C=O) groups is 1. The van der Waals surface area contributed by atoms with Crippen molar-refractivity contribution in [3.05, 3.63) is 5.01 Å². The van der Waals surface area contributed by atoms with E-state index in [1.54, 1.807) is 0 Å². The second-order valence-electron chi connectivity index (χ2n) is 4.88. The first-order valence-corrected chi connectivity index (χ1v) is 7.52. The fraction of sp³-hybridized carbons (Fsp3) is 0.750. The monoisotopic (exact) mass is 318 g/mol. The third-order valence-corrected chi connectivity index (χ3v) is 4.04. The number of anilines is 1. The molecule has 1 aliphatic rings. The van der Waals surface area contributed by atoms with Gasteiger partial charge in [-0.1, -0.05) is 18.3 Å². The SMILES string of the molecule is CCCc1nnc(NC(=O)CN2CCN(C)CC2)s1.[Cl-]. The van der Waals surface area contributed by atoms with Crippen LogP contribution < -0.4 is 17.7 Å². The standard InChI is InChI=1S/C12H21N5OS.ClH/c1-3-4-11-14-15-12(19-11)13-10(18)9-17-7-5-16(2)6-8-17;/h3-9H2,1-2H3,(H,13,15,18);1H/p-1. The molecule has 0 aromatic carbocycles. The molecule has 1 saturated heterocycles. The highest BCUT2D eigenvalue weighted by Gasteiger charge is 2.17. The second-order valence-corrected chi connectivity index (χ2v) is 5.94. The topological polar surface area (TPSA) is 61.4 Å². The van der Waals surface area contributed by atoms with E-state index in [0.29, 0.717) is 11.7 Å². The predicted octanol–water partition coefficient (Wildman–Crippen LogP) is -2.32. The van der Waals surface area contributed by atoms with E-state index in [0.717, 1.165) is 44.0 Å². The van der Waals surface area contributed by atoms with Crippen molar-refractivity contribution in [2.45, 2.75) is 19.8 Å². The van der Waals surface area contributed by atoms with Gasteiger partial charge in [0.15, 0.2) is 0 Å². The molecule has 0 unspecified atom stereocenters. The molecule has 0 saturated carbocycles. The predicted molar refractivity (Wildman–Crippen MR) is 76.5 cm³/mol. The van der Waals surface area contributed by atoms with Crippen LogP contribution in [0.25, 0.3) is 0 Å². The highest BCUT2D eigenvalue weighted by atomic mass is 35.5. The lowest BCUT2D eigenvalue weighted by atomic mass is 10.3. The maximum atomic E-state index is 11.9. The number of likely N-dealkylation sites (N-methyl/N-ethyl adjacent to an activating group) is 1. The molecule has 1 N–H and O–H groups in total. The third kappa shape index (κ3) is 5.32. The number of rotatable bonds is 5. The smallest absolute Gasteiger partial charge is 0.240 e. The van der Waals surface area contributed by atoms with Crippen molar-refractivity contribution < 1.29 is 17.2 Å². The van der Waals surface area contributed by atoms with E-state index in [4.69, 9.17) is 0 Å². The molecule has 1 amide bonds. The van der Waals surface area contributed by atoms with Crippen molar-refractivity contribution in [3.63, 3.8) is 0 Å².